The van der Waals surface area contributed by atoms with Crippen LogP contribution in [0.15, 0.2) is 0 Å². The zero-order valence-electron chi connectivity index (χ0n) is 16.0. The first-order valence-corrected chi connectivity index (χ1v) is 15.3. The monoisotopic (exact) mass is 523 g/mol. The van der Waals surface area contributed by atoms with E-state index < -0.39 is 68.1 Å². The molecular formula is C10H29N3O13P4. The van der Waals surface area contributed by atoms with Crippen LogP contribution in [0.5, 0.6) is 0 Å². The molecule has 0 aliphatic heterocycles. The van der Waals surface area contributed by atoms with Gasteiger partial charge in [-0.05, 0) is 7.05 Å². The van der Waals surface area contributed by atoms with Crippen LogP contribution in [0, 0.1) is 0 Å². The number of aliphatic hydroxyl groups excluding tert-OH is 1. The van der Waals surface area contributed by atoms with Gasteiger partial charge < -0.3 is 49.2 Å². The van der Waals surface area contributed by atoms with Gasteiger partial charge in [-0.25, -0.2) is 0 Å². The van der Waals surface area contributed by atoms with Crippen molar-refractivity contribution in [2.75, 3.05) is 58.4 Å². The third-order valence-corrected chi connectivity index (χ3v) is 6.49. The summed E-state index contributed by atoms with van der Waals surface area (Å²) >= 11 is 0. The minimum absolute atomic E-state index is 0.0349. The maximum atomic E-state index is 11.5. The van der Waals surface area contributed by atoms with Gasteiger partial charge in [0.05, 0.1) is 6.61 Å². The number of rotatable bonds is 15. The third-order valence-electron chi connectivity index (χ3n) is 3.49. The van der Waals surface area contributed by atoms with Gasteiger partial charge in [0.1, 0.15) is 25.1 Å². The van der Waals surface area contributed by atoms with Gasteiger partial charge in [0.2, 0.25) is 0 Å². The lowest BCUT2D eigenvalue weighted by atomic mass is 10.2. The van der Waals surface area contributed by atoms with Crippen LogP contribution in [0.3, 0.4) is 0 Å². The van der Waals surface area contributed by atoms with E-state index in [1.807, 2.05) is 0 Å². The molecule has 1 atom stereocenters. The van der Waals surface area contributed by atoms with Crippen LogP contribution in [0.2, 0.25) is 0 Å². The van der Waals surface area contributed by atoms with Crippen molar-refractivity contribution in [1.29, 1.82) is 0 Å². The molecule has 0 spiro atoms. The van der Waals surface area contributed by atoms with Crippen molar-refractivity contribution in [2.24, 2.45) is 0 Å². The van der Waals surface area contributed by atoms with Gasteiger partial charge in [-0.1, -0.05) is 0 Å². The fourth-order valence-electron chi connectivity index (χ4n) is 2.64. The summed E-state index contributed by atoms with van der Waals surface area (Å²) in [6.45, 7) is -1.12. The summed E-state index contributed by atoms with van der Waals surface area (Å²) in [6, 6.07) is -1.24. The van der Waals surface area contributed by atoms with Gasteiger partial charge in [-0.15, -0.1) is 0 Å². The standard InChI is InChI=1S/C10H29N3O13P4/c1-11(2-3-14)4-10(13(8-29(21,22)23)9-30(24,25)26)5-12(6-27(15,16)17)7-28(18,19)20/h10,14H,2-9H2,1H3,(H2,15,16,17)(H2,18,19,20)(H2,21,22,23)(H2,24,25,26). The van der Waals surface area contributed by atoms with Crippen molar-refractivity contribution in [1.82, 2.24) is 14.7 Å². The van der Waals surface area contributed by atoms with Crippen LogP contribution in [0.1, 0.15) is 0 Å². The lowest BCUT2D eigenvalue weighted by molar-refractivity contribution is 0.124. The minimum atomic E-state index is -4.86. The molecule has 20 heteroatoms. The SMILES string of the molecule is CN(CCO)CC(CN(CP(=O)(O)O)CP(=O)(O)O)N(CP(=O)(O)O)CP(=O)(O)O. The van der Waals surface area contributed by atoms with Crippen LogP contribution in [0.25, 0.3) is 0 Å². The first-order chi connectivity index (χ1) is 13.2. The summed E-state index contributed by atoms with van der Waals surface area (Å²) in [6.07, 6.45) is -4.49. The lowest BCUT2D eigenvalue weighted by Crippen LogP contribution is -2.50. The Morgan fingerprint density at radius 1 is 0.667 bits per heavy atom. The van der Waals surface area contributed by atoms with E-state index in [1.165, 1.54) is 11.9 Å². The highest BCUT2D eigenvalue weighted by Crippen LogP contribution is 2.43. The van der Waals surface area contributed by atoms with Gasteiger partial charge in [0, 0.05) is 25.7 Å². The molecule has 0 bridgehead atoms. The molecule has 0 aliphatic carbocycles. The number of aliphatic hydroxyl groups is 1. The predicted octanol–water partition coefficient (Wildman–Crippen LogP) is -2.58. The molecule has 0 aromatic carbocycles. The summed E-state index contributed by atoms with van der Waals surface area (Å²) in [4.78, 5) is 76.6. The summed E-state index contributed by atoms with van der Waals surface area (Å²) in [5, 5.41) is 9.03. The summed E-state index contributed by atoms with van der Waals surface area (Å²) < 4.78 is 45.7. The molecule has 0 radical (unpaired) electrons. The fourth-order valence-corrected chi connectivity index (χ4v) is 6.04. The van der Waals surface area contributed by atoms with E-state index >= 15 is 0 Å². The molecule has 0 saturated carbocycles. The van der Waals surface area contributed by atoms with Gasteiger partial charge in [0.15, 0.2) is 0 Å². The van der Waals surface area contributed by atoms with E-state index in [0.29, 0.717) is 9.80 Å². The van der Waals surface area contributed by atoms with Crippen molar-refractivity contribution < 1.29 is 62.5 Å². The fraction of sp³-hybridized carbons (Fsp3) is 1.00. The molecule has 0 rings (SSSR count). The molecule has 0 heterocycles. The first-order valence-electron chi connectivity index (χ1n) is 8.15. The van der Waals surface area contributed by atoms with Gasteiger partial charge in [0.25, 0.3) is 0 Å². The van der Waals surface area contributed by atoms with Gasteiger partial charge in [-0.3, -0.25) is 28.1 Å². The van der Waals surface area contributed by atoms with Crippen LogP contribution in [-0.4, -0.2) is 123 Å². The Morgan fingerprint density at radius 3 is 1.33 bits per heavy atom. The maximum absolute atomic E-state index is 11.5. The smallest absolute Gasteiger partial charge is 0.339 e. The molecule has 182 valence electrons. The summed E-state index contributed by atoms with van der Waals surface area (Å²) in [7, 11) is -17.9. The molecule has 1 unspecified atom stereocenters. The minimum Gasteiger partial charge on any atom is -0.395 e. The molecule has 0 saturated heterocycles. The van der Waals surface area contributed by atoms with Crippen molar-refractivity contribution in [3.05, 3.63) is 0 Å². The number of hydrogen-bond donors (Lipinski definition) is 9. The van der Waals surface area contributed by atoms with Gasteiger partial charge >= 0.3 is 30.4 Å². The molecule has 0 aliphatic rings. The second kappa shape index (κ2) is 12.1. The van der Waals surface area contributed by atoms with Crippen molar-refractivity contribution in [3.63, 3.8) is 0 Å². The number of nitrogens with zero attached hydrogens (tertiary/aromatic N) is 3. The zero-order chi connectivity index (χ0) is 24.0. The van der Waals surface area contributed by atoms with Crippen LogP contribution in [-0.2, 0) is 18.3 Å². The van der Waals surface area contributed by atoms with E-state index in [2.05, 4.69) is 0 Å². The van der Waals surface area contributed by atoms with E-state index in [9.17, 15) is 57.4 Å². The average Bonchev–Trinajstić information content (AvgIpc) is 2.39. The largest absolute Gasteiger partial charge is 0.395 e. The Morgan fingerprint density at radius 2 is 1.03 bits per heavy atom. The second-order valence-electron chi connectivity index (χ2n) is 6.81. The normalized spacial score (nSPS) is 15.4. The zero-order valence-corrected chi connectivity index (χ0v) is 19.6. The van der Waals surface area contributed by atoms with Crippen LogP contribution >= 0.6 is 30.4 Å². The van der Waals surface area contributed by atoms with E-state index in [0.717, 1.165) is 0 Å². The molecule has 9 N–H and O–H groups in total. The Labute approximate surface area is 172 Å². The number of hydrogen-bond acceptors (Lipinski definition) is 8. The molecule has 0 aromatic heterocycles. The highest BCUT2D eigenvalue weighted by molar-refractivity contribution is 7.53. The number of likely N-dealkylation sites (N-methyl/N-ethyl adjacent to an activating group) is 1. The topological polar surface area (TPSA) is 260 Å². The Hall–Kier alpha value is 0.440. The Balaban J connectivity index is 6.00. The van der Waals surface area contributed by atoms with Crippen molar-refractivity contribution in [2.45, 2.75) is 6.04 Å². The summed E-state index contributed by atoms with van der Waals surface area (Å²) in [5.41, 5.74) is 0. The second-order valence-corrected chi connectivity index (χ2v) is 13.3. The van der Waals surface area contributed by atoms with E-state index in [4.69, 9.17) is 5.11 Å². The third kappa shape index (κ3) is 17.0. The van der Waals surface area contributed by atoms with Gasteiger partial charge in [-0.2, -0.15) is 0 Å². The Kier molecular flexibility index (Phi) is 12.2. The molecule has 0 aromatic rings. The average molecular weight is 523 g/mol. The van der Waals surface area contributed by atoms with Crippen LogP contribution < -0.4 is 0 Å². The maximum Gasteiger partial charge on any atom is 0.339 e. The van der Waals surface area contributed by atoms with E-state index in [1.54, 1.807) is 0 Å². The van der Waals surface area contributed by atoms with Crippen LogP contribution in [0.4, 0.5) is 0 Å². The summed E-state index contributed by atoms with van der Waals surface area (Å²) in [5.74, 6) is 0. The molecular weight excluding hydrogens is 494 g/mol. The highest BCUT2D eigenvalue weighted by Gasteiger charge is 2.35. The quantitative estimate of drug-likeness (QED) is 0.0999. The van der Waals surface area contributed by atoms with Crippen molar-refractivity contribution >= 4 is 30.4 Å². The molecule has 16 nitrogen and oxygen atoms in total. The molecule has 0 fully saturated rings. The predicted molar refractivity (Wildman–Crippen MR) is 105 cm³/mol. The Bertz CT molecular complexity index is 666. The van der Waals surface area contributed by atoms with Crippen molar-refractivity contribution in [3.8, 4) is 0 Å². The highest BCUT2D eigenvalue weighted by atomic mass is 31.2. The van der Waals surface area contributed by atoms with E-state index in [-0.39, 0.29) is 19.7 Å². The molecule has 30 heavy (non-hydrogen) atoms. The molecule has 0 amide bonds. The lowest BCUT2D eigenvalue weighted by Gasteiger charge is -2.37. The first kappa shape index (κ1) is 30.4.